The third-order valence-electron chi connectivity index (χ3n) is 2.84. The van der Waals surface area contributed by atoms with Crippen LogP contribution in [0, 0.1) is 0 Å². The van der Waals surface area contributed by atoms with Gasteiger partial charge in [0, 0.05) is 39.6 Å². The fourth-order valence-corrected chi connectivity index (χ4v) is 2.67. The second kappa shape index (κ2) is 5.64. The van der Waals surface area contributed by atoms with Crippen molar-refractivity contribution in [1.29, 1.82) is 0 Å². The normalized spacial score (nSPS) is 12.7. The zero-order valence-corrected chi connectivity index (χ0v) is 13.7. The summed E-state index contributed by atoms with van der Waals surface area (Å²) in [5.41, 5.74) is 1.50. The first-order chi connectivity index (χ1) is 8.90. The molecular weight excluding hydrogens is 376 g/mol. The Morgan fingerprint density at radius 3 is 2.68 bits per heavy atom. The van der Waals surface area contributed by atoms with E-state index in [0.29, 0.717) is 12.1 Å². The number of carbonyl (C=O) groups excluding carboxylic acids is 1. The van der Waals surface area contributed by atoms with Crippen LogP contribution in [0.1, 0.15) is 17.3 Å². The summed E-state index contributed by atoms with van der Waals surface area (Å²) in [6.45, 7) is 1.97. The highest BCUT2D eigenvalue weighted by molar-refractivity contribution is 9.13. The molecule has 0 spiro atoms. The molecule has 0 saturated heterocycles. The third kappa shape index (κ3) is 3.01. The van der Waals surface area contributed by atoms with Crippen LogP contribution in [0.3, 0.4) is 0 Å². The highest BCUT2D eigenvalue weighted by atomic mass is 79.9. The monoisotopic (exact) mass is 388 g/mol. The van der Waals surface area contributed by atoms with Gasteiger partial charge in [-0.1, -0.05) is 0 Å². The van der Waals surface area contributed by atoms with E-state index in [1.54, 1.807) is 20.2 Å². The van der Waals surface area contributed by atoms with E-state index >= 15 is 0 Å². The molecule has 0 radical (unpaired) electrons. The molecule has 1 unspecified atom stereocenters. The molecule has 0 aliphatic rings. The topological polar surface area (TPSA) is 56.3 Å². The van der Waals surface area contributed by atoms with Gasteiger partial charge >= 0.3 is 0 Å². The molecule has 2 rings (SSSR count). The Labute approximate surface area is 128 Å². The molecule has 1 amide bonds. The van der Waals surface area contributed by atoms with E-state index in [2.05, 4.69) is 36.8 Å². The number of nitrogens with zero attached hydrogens (tertiary/aromatic N) is 1. The van der Waals surface area contributed by atoms with Crippen LogP contribution < -0.4 is 0 Å². The lowest BCUT2D eigenvalue weighted by atomic mass is 10.1. The first kappa shape index (κ1) is 14.6. The first-order valence-electron chi connectivity index (χ1n) is 5.79. The number of nitrogens with one attached hydrogen (secondary N) is 1. The summed E-state index contributed by atoms with van der Waals surface area (Å²) >= 11 is 6.86. The highest BCUT2D eigenvalue weighted by Gasteiger charge is 2.18. The number of aromatic nitrogens is 1. The minimum atomic E-state index is -0.542. The van der Waals surface area contributed by atoms with Crippen molar-refractivity contribution < 1.29 is 9.90 Å². The van der Waals surface area contributed by atoms with Gasteiger partial charge in [0.2, 0.25) is 0 Å². The number of hydrogen-bond acceptors (Lipinski definition) is 2. The van der Waals surface area contributed by atoms with Gasteiger partial charge in [-0.15, -0.1) is 0 Å². The molecule has 0 fully saturated rings. The Balaban J connectivity index is 2.40. The van der Waals surface area contributed by atoms with Crippen molar-refractivity contribution in [2.24, 2.45) is 0 Å². The first-order valence-corrected chi connectivity index (χ1v) is 7.38. The number of aromatic amines is 1. The van der Waals surface area contributed by atoms with Gasteiger partial charge in [-0.05, 0) is 50.9 Å². The number of aliphatic hydroxyl groups excluding tert-OH is 1. The van der Waals surface area contributed by atoms with E-state index in [1.807, 2.05) is 12.1 Å². The number of rotatable bonds is 3. The standard InChI is InChI=1S/C13H14Br2N2O2/c1-7(18)6-17(2)13(19)9-5-16-12-4-11(15)10(14)3-8(9)12/h3-5,7,16,18H,6H2,1-2H3. The molecule has 1 atom stereocenters. The Hall–Kier alpha value is -0.850. The predicted octanol–water partition coefficient (Wildman–Crippen LogP) is 3.15. The van der Waals surface area contributed by atoms with Gasteiger partial charge in [-0.25, -0.2) is 0 Å². The molecule has 0 saturated carbocycles. The van der Waals surface area contributed by atoms with Crippen molar-refractivity contribution in [3.63, 3.8) is 0 Å². The zero-order chi connectivity index (χ0) is 14.2. The Kier molecular flexibility index (Phi) is 4.32. The summed E-state index contributed by atoms with van der Waals surface area (Å²) < 4.78 is 1.82. The number of carbonyl (C=O) groups is 1. The van der Waals surface area contributed by atoms with Crippen LogP contribution in [0.4, 0.5) is 0 Å². The van der Waals surface area contributed by atoms with Gasteiger partial charge in [0.15, 0.2) is 0 Å². The van der Waals surface area contributed by atoms with Crippen molar-refractivity contribution in [2.45, 2.75) is 13.0 Å². The summed E-state index contributed by atoms with van der Waals surface area (Å²) in [7, 11) is 1.68. The molecule has 0 bridgehead atoms. The average molecular weight is 390 g/mol. The number of amides is 1. The number of fused-ring (bicyclic) bond motifs is 1. The van der Waals surface area contributed by atoms with E-state index < -0.39 is 6.10 Å². The van der Waals surface area contributed by atoms with Gasteiger partial charge < -0.3 is 15.0 Å². The summed E-state index contributed by atoms with van der Waals surface area (Å²) in [4.78, 5) is 16.9. The summed E-state index contributed by atoms with van der Waals surface area (Å²) in [5.74, 6) is -0.110. The van der Waals surface area contributed by atoms with Gasteiger partial charge in [0.25, 0.3) is 5.91 Å². The summed E-state index contributed by atoms with van der Waals surface area (Å²) in [5, 5.41) is 10.2. The molecule has 2 N–H and O–H groups in total. The molecule has 19 heavy (non-hydrogen) atoms. The van der Waals surface area contributed by atoms with E-state index in [0.717, 1.165) is 19.8 Å². The lowest BCUT2D eigenvalue weighted by Crippen LogP contribution is -2.32. The fraction of sp³-hybridized carbons (Fsp3) is 0.308. The van der Waals surface area contributed by atoms with Crippen LogP contribution in [0.2, 0.25) is 0 Å². The Morgan fingerprint density at radius 1 is 1.42 bits per heavy atom. The van der Waals surface area contributed by atoms with Gasteiger partial charge in [0.05, 0.1) is 11.7 Å². The third-order valence-corrected chi connectivity index (χ3v) is 4.68. The van der Waals surface area contributed by atoms with E-state index in [9.17, 15) is 9.90 Å². The van der Waals surface area contributed by atoms with Crippen LogP contribution in [-0.2, 0) is 0 Å². The molecule has 0 aliphatic carbocycles. The quantitative estimate of drug-likeness (QED) is 0.847. The van der Waals surface area contributed by atoms with Crippen LogP contribution >= 0.6 is 31.9 Å². The van der Waals surface area contributed by atoms with Crippen molar-refractivity contribution in [2.75, 3.05) is 13.6 Å². The number of H-pyrrole nitrogens is 1. The molecular formula is C13H14Br2N2O2. The van der Waals surface area contributed by atoms with E-state index in [1.165, 1.54) is 4.90 Å². The molecule has 1 aromatic carbocycles. The lowest BCUT2D eigenvalue weighted by Gasteiger charge is -2.18. The van der Waals surface area contributed by atoms with Crippen molar-refractivity contribution in [3.8, 4) is 0 Å². The van der Waals surface area contributed by atoms with Crippen LogP contribution in [-0.4, -0.2) is 40.6 Å². The highest BCUT2D eigenvalue weighted by Crippen LogP contribution is 2.30. The number of halogens is 2. The van der Waals surface area contributed by atoms with Gasteiger partial charge in [-0.2, -0.15) is 0 Å². The molecule has 6 heteroatoms. The Bertz CT molecular complexity index is 622. The second-order valence-corrected chi connectivity index (χ2v) is 6.26. The number of hydrogen-bond donors (Lipinski definition) is 2. The Morgan fingerprint density at radius 2 is 2.05 bits per heavy atom. The fourth-order valence-electron chi connectivity index (χ4n) is 1.98. The number of aliphatic hydroxyl groups is 1. The predicted molar refractivity (Wildman–Crippen MR) is 82.3 cm³/mol. The average Bonchev–Trinajstić information content (AvgIpc) is 2.70. The second-order valence-electron chi connectivity index (χ2n) is 4.55. The SMILES string of the molecule is CC(O)CN(C)C(=O)c1c[nH]c2cc(Br)c(Br)cc12. The van der Waals surface area contributed by atoms with Crippen molar-refractivity contribution in [1.82, 2.24) is 9.88 Å². The van der Waals surface area contributed by atoms with Gasteiger partial charge in [-0.3, -0.25) is 4.79 Å². The van der Waals surface area contributed by atoms with Crippen LogP contribution in [0.15, 0.2) is 27.3 Å². The molecule has 1 heterocycles. The maximum atomic E-state index is 12.3. The molecule has 102 valence electrons. The van der Waals surface area contributed by atoms with E-state index in [-0.39, 0.29) is 5.91 Å². The van der Waals surface area contributed by atoms with Gasteiger partial charge in [0.1, 0.15) is 0 Å². The minimum absolute atomic E-state index is 0.110. The zero-order valence-electron chi connectivity index (χ0n) is 10.6. The summed E-state index contributed by atoms with van der Waals surface area (Å²) in [6, 6.07) is 3.82. The molecule has 4 nitrogen and oxygen atoms in total. The summed E-state index contributed by atoms with van der Waals surface area (Å²) in [6.07, 6.45) is 1.16. The smallest absolute Gasteiger partial charge is 0.255 e. The molecule has 1 aromatic heterocycles. The van der Waals surface area contributed by atoms with E-state index in [4.69, 9.17) is 0 Å². The molecule has 0 aliphatic heterocycles. The van der Waals surface area contributed by atoms with Crippen molar-refractivity contribution in [3.05, 3.63) is 32.8 Å². The maximum Gasteiger partial charge on any atom is 0.255 e. The lowest BCUT2D eigenvalue weighted by molar-refractivity contribution is 0.0705. The van der Waals surface area contributed by atoms with Crippen LogP contribution in [0.5, 0.6) is 0 Å². The number of likely N-dealkylation sites (N-methyl/N-ethyl adjacent to an activating group) is 1. The largest absolute Gasteiger partial charge is 0.392 e. The minimum Gasteiger partial charge on any atom is -0.392 e. The van der Waals surface area contributed by atoms with Crippen molar-refractivity contribution >= 4 is 48.7 Å². The maximum absolute atomic E-state index is 12.3. The van der Waals surface area contributed by atoms with Crippen LogP contribution in [0.25, 0.3) is 10.9 Å². The molecule has 2 aromatic rings. The number of benzene rings is 1.